The highest BCUT2D eigenvalue weighted by molar-refractivity contribution is 6.22. The number of carbonyl (C=O) groups excluding carboxylic acids is 2. The van der Waals surface area contributed by atoms with Crippen molar-refractivity contribution in [1.29, 1.82) is 0 Å². The third-order valence-electron chi connectivity index (χ3n) is 4.88. The lowest BCUT2D eigenvalue weighted by atomic mass is 9.85. The van der Waals surface area contributed by atoms with Crippen molar-refractivity contribution >= 4 is 17.5 Å². The summed E-state index contributed by atoms with van der Waals surface area (Å²) in [5.74, 6) is 0.908. The van der Waals surface area contributed by atoms with Gasteiger partial charge in [-0.1, -0.05) is 12.2 Å². The van der Waals surface area contributed by atoms with E-state index in [0.29, 0.717) is 12.3 Å². The summed E-state index contributed by atoms with van der Waals surface area (Å²) < 4.78 is 5.40. The maximum atomic E-state index is 12.6. The van der Waals surface area contributed by atoms with Crippen LogP contribution in [0.4, 0.5) is 5.69 Å². The molecule has 2 fully saturated rings. The maximum absolute atomic E-state index is 12.6. The van der Waals surface area contributed by atoms with Gasteiger partial charge in [0.25, 0.3) is 0 Å². The Kier molecular flexibility index (Phi) is 2.67. The number of hydrogen-bond acceptors (Lipinski definition) is 3. The first kappa shape index (κ1) is 12.6. The number of ether oxygens (including phenoxy) is 1. The average Bonchev–Trinajstić information content (AvgIpc) is 3.15. The molecule has 2 bridgehead atoms. The van der Waals surface area contributed by atoms with Crippen molar-refractivity contribution in [3.63, 3.8) is 0 Å². The number of carbonyl (C=O) groups is 2. The number of allylic oxidation sites excluding steroid dienone is 2. The number of benzene rings is 1. The predicted molar refractivity (Wildman–Crippen MR) is 77.8 cm³/mol. The minimum atomic E-state index is -0.140. The largest absolute Gasteiger partial charge is 0.494 e. The molecule has 0 spiro atoms. The maximum Gasteiger partial charge on any atom is 0.238 e. The van der Waals surface area contributed by atoms with Crippen LogP contribution in [0.25, 0.3) is 0 Å². The van der Waals surface area contributed by atoms with Gasteiger partial charge in [-0.15, -0.1) is 0 Å². The Morgan fingerprint density at radius 2 is 1.62 bits per heavy atom. The number of rotatable bonds is 3. The third kappa shape index (κ3) is 1.68. The molecule has 1 saturated carbocycles. The molecule has 1 aliphatic heterocycles. The minimum absolute atomic E-state index is 0.0361. The Balaban J connectivity index is 1.64. The molecule has 1 saturated heterocycles. The highest BCUT2D eigenvalue weighted by atomic mass is 16.5. The Morgan fingerprint density at radius 1 is 1.05 bits per heavy atom. The first-order chi connectivity index (χ1) is 10.2. The van der Waals surface area contributed by atoms with E-state index in [9.17, 15) is 9.59 Å². The lowest BCUT2D eigenvalue weighted by Crippen LogP contribution is -2.32. The summed E-state index contributed by atoms with van der Waals surface area (Å²) in [4.78, 5) is 26.6. The van der Waals surface area contributed by atoms with Gasteiger partial charge in [-0.25, -0.2) is 0 Å². The predicted octanol–water partition coefficient (Wildman–Crippen LogP) is 2.40. The summed E-state index contributed by atoms with van der Waals surface area (Å²) in [6.07, 6.45) is 5.18. The second kappa shape index (κ2) is 4.45. The molecule has 0 N–H and O–H groups in total. The summed E-state index contributed by atoms with van der Waals surface area (Å²) in [6, 6.07) is 7.19. The van der Waals surface area contributed by atoms with Crippen molar-refractivity contribution in [3.8, 4) is 5.75 Å². The van der Waals surface area contributed by atoms with E-state index in [4.69, 9.17) is 4.74 Å². The normalized spacial score (nSPS) is 32.9. The van der Waals surface area contributed by atoms with Crippen LogP contribution < -0.4 is 9.64 Å². The first-order valence-corrected chi connectivity index (χ1v) is 7.49. The van der Waals surface area contributed by atoms with Gasteiger partial charge in [-0.05, 0) is 49.4 Å². The summed E-state index contributed by atoms with van der Waals surface area (Å²) in [5.41, 5.74) is 0.655. The summed E-state index contributed by atoms with van der Waals surface area (Å²) in [5, 5.41) is 0. The zero-order chi connectivity index (χ0) is 14.6. The zero-order valence-electron chi connectivity index (χ0n) is 11.9. The highest BCUT2D eigenvalue weighted by Gasteiger charge is 2.59. The van der Waals surface area contributed by atoms with E-state index < -0.39 is 0 Å². The fourth-order valence-corrected chi connectivity index (χ4v) is 4.01. The Labute approximate surface area is 123 Å². The quantitative estimate of drug-likeness (QED) is 0.632. The Bertz CT molecular complexity index is 604. The van der Waals surface area contributed by atoms with E-state index in [0.717, 1.165) is 12.2 Å². The number of fused-ring (bicyclic) bond motifs is 5. The molecule has 0 unspecified atom stereocenters. The van der Waals surface area contributed by atoms with Crippen molar-refractivity contribution in [1.82, 2.24) is 0 Å². The van der Waals surface area contributed by atoms with Crippen LogP contribution in [0.2, 0.25) is 0 Å². The molecule has 4 heteroatoms. The van der Waals surface area contributed by atoms with Crippen molar-refractivity contribution in [2.24, 2.45) is 23.7 Å². The summed E-state index contributed by atoms with van der Waals surface area (Å²) in [7, 11) is 0. The summed E-state index contributed by atoms with van der Waals surface area (Å²) >= 11 is 0. The third-order valence-corrected chi connectivity index (χ3v) is 4.88. The molecule has 108 valence electrons. The monoisotopic (exact) mass is 283 g/mol. The Hall–Kier alpha value is -2.10. The van der Waals surface area contributed by atoms with Gasteiger partial charge < -0.3 is 4.74 Å². The molecule has 4 rings (SSSR count). The van der Waals surface area contributed by atoms with Crippen LogP contribution in [0.15, 0.2) is 36.4 Å². The van der Waals surface area contributed by atoms with Gasteiger partial charge in [0.15, 0.2) is 0 Å². The van der Waals surface area contributed by atoms with Crippen LogP contribution in [-0.2, 0) is 9.59 Å². The van der Waals surface area contributed by atoms with E-state index in [1.807, 2.05) is 6.92 Å². The molecule has 0 radical (unpaired) electrons. The molecular weight excluding hydrogens is 266 g/mol. The molecule has 1 heterocycles. The molecule has 0 aromatic heterocycles. The second-order valence-corrected chi connectivity index (χ2v) is 5.94. The molecule has 2 aliphatic carbocycles. The van der Waals surface area contributed by atoms with Crippen molar-refractivity contribution in [3.05, 3.63) is 36.4 Å². The van der Waals surface area contributed by atoms with Crippen LogP contribution in [0, 0.1) is 23.7 Å². The van der Waals surface area contributed by atoms with E-state index >= 15 is 0 Å². The van der Waals surface area contributed by atoms with Crippen LogP contribution in [0.3, 0.4) is 0 Å². The lowest BCUT2D eigenvalue weighted by molar-refractivity contribution is -0.123. The molecular formula is C17H17NO3. The van der Waals surface area contributed by atoms with Gasteiger partial charge in [0.05, 0.1) is 24.1 Å². The Morgan fingerprint density at radius 3 is 2.14 bits per heavy atom. The molecule has 21 heavy (non-hydrogen) atoms. The van der Waals surface area contributed by atoms with E-state index in [1.165, 1.54) is 4.90 Å². The fourth-order valence-electron chi connectivity index (χ4n) is 4.01. The van der Waals surface area contributed by atoms with Crippen LogP contribution >= 0.6 is 0 Å². The van der Waals surface area contributed by atoms with Gasteiger partial charge in [0, 0.05) is 0 Å². The number of nitrogens with zero attached hydrogens (tertiary/aromatic N) is 1. The van der Waals surface area contributed by atoms with Crippen LogP contribution in [-0.4, -0.2) is 18.4 Å². The molecule has 4 atom stereocenters. The molecule has 2 amide bonds. The van der Waals surface area contributed by atoms with Crippen molar-refractivity contribution in [2.45, 2.75) is 13.3 Å². The van der Waals surface area contributed by atoms with E-state index in [1.54, 1.807) is 24.3 Å². The smallest absolute Gasteiger partial charge is 0.238 e. The molecule has 1 aromatic rings. The number of anilines is 1. The summed E-state index contributed by atoms with van der Waals surface area (Å²) in [6.45, 7) is 2.52. The van der Waals surface area contributed by atoms with Gasteiger partial charge in [0.1, 0.15) is 5.75 Å². The van der Waals surface area contributed by atoms with Gasteiger partial charge in [-0.3, -0.25) is 14.5 Å². The van der Waals surface area contributed by atoms with Crippen molar-refractivity contribution in [2.75, 3.05) is 11.5 Å². The topological polar surface area (TPSA) is 46.6 Å². The molecule has 1 aromatic carbocycles. The fraction of sp³-hybridized carbons (Fsp3) is 0.412. The van der Waals surface area contributed by atoms with Gasteiger partial charge >= 0.3 is 0 Å². The molecule has 4 nitrogen and oxygen atoms in total. The standard InChI is InChI=1S/C17H17NO3/c1-2-21-13-7-5-12(6-8-13)18-16(19)14-10-3-4-11(9-10)15(14)17(18)20/h3-8,10-11,14-15H,2,9H2,1H3/t10-,11+,14+,15-. The number of amides is 2. The average molecular weight is 283 g/mol. The van der Waals surface area contributed by atoms with Crippen molar-refractivity contribution < 1.29 is 14.3 Å². The first-order valence-electron chi connectivity index (χ1n) is 7.49. The van der Waals surface area contributed by atoms with Crippen LogP contribution in [0.1, 0.15) is 13.3 Å². The van der Waals surface area contributed by atoms with Crippen LogP contribution in [0.5, 0.6) is 5.75 Å². The lowest BCUT2D eigenvalue weighted by Gasteiger charge is -2.17. The van der Waals surface area contributed by atoms with E-state index in [-0.39, 0.29) is 35.5 Å². The number of hydrogen-bond donors (Lipinski definition) is 0. The van der Waals surface area contributed by atoms with Gasteiger partial charge in [-0.2, -0.15) is 0 Å². The minimum Gasteiger partial charge on any atom is -0.494 e. The van der Waals surface area contributed by atoms with E-state index in [2.05, 4.69) is 12.2 Å². The molecule has 3 aliphatic rings. The zero-order valence-corrected chi connectivity index (χ0v) is 11.9. The SMILES string of the molecule is CCOc1ccc(N2C(=O)[C@@H]3[C@H](C2=O)[C@H]2C=C[C@@H]3C2)cc1. The van der Waals surface area contributed by atoms with Gasteiger partial charge in [0.2, 0.25) is 11.8 Å². The number of imide groups is 1. The highest BCUT2D eigenvalue weighted by Crippen LogP contribution is 2.53. The second-order valence-electron chi connectivity index (χ2n) is 5.94.